The summed E-state index contributed by atoms with van der Waals surface area (Å²) in [6.45, 7) is -0.989. The Hall–Kier alpha value is -0.770. The molecule has 1 aliphatic heterocycles. The smallest absolute Gasteiger partial charge is 0.322 e. The first-order chi connectivity index (χ1) is 7.51. The molecule has 0 saturated carbocycles. The first-order valence-corrected chi connectivity index (χ1v) is 4.71. The molecule has 0 spiro atoms. The number of nitrogens with two attached hydrogens (primary N) is 1. The van der Waals surface area contributed by atoms with Crippen molar-refractivity contribution in [1.29, 1.82) is 0 Å². The summed E-state index contributed by atoms with van der Waals surface area (Å²) in [5.74, 6) is -0.829. The number of hydrogen-bond donors (Lipinski definition) is 5. The maximum atomic E-state index is 10.9. The molecule has 16 heavy (non-hydrogen) atoms. The third kappa shape index (κ3) is 2.67. The van der Waals surface area contributed by atoms with Gasteiger partial charge in [0.15, 0.2) is 0 Å². The van der Waals surface area contributed by atoms with Gasteiger partial charge >= 0.3 is 5.97 Å². The van der Waals surface area contributed by atoms with E-state index in [4.69, 9.17) is 15.6 Å². The maximum Gasteiger partial charge on any atom is 0.322 e. The fraction of sp³-hybridized carbons (Fsp3) is 0.875. The van der Waals surface area contributed by atoms with Gasteiger partial charge < -0.3 is 35.6 Å². The van der Waals surface area contributed by atoms with Crippen molar-refractivity contribution < 1.29 is 34.7 Å². The molecule has 0 aromatic carbocycles. The summed E-state index contributed by atoms with van der Waals surface area (Å²) in [7, 11) is 0. The molecule has 1 aliphatic rings. The van der Waals surface area contributed by atoms with Crippen LogP contribution in [0.15, 0.2) is 0 Å². The summed E-state index contributed by atoms with van der Waals surface area (Å²) >= 11 is 0. The Morgan fingerprint density at radius 2 is 1.88 bits per heavy atom. The van der Waals surface area contributed by atoms with Crippen molar-refractivity contribution in [3.05, 3.63) is 0 Å². The molecule has 1 saturated heterocycles. The molecular formula is C8H15NO7. The highest BCUT2D eigenvalue weighted by molar-refractivity contribution is 5.71. The number of aliphatic hydroxyl groups is 4. The molecule has 0 aromatic rings. The number of esters is 1. The van der Waals surface area contributed by atoms with E-state index in [0.717, 1.165) is 0 Å². The zero-order chi connectivity index (χ0) is 12.3. The lowest BCUT2D eigenvalue weighted by atomic mass is 9.99. The lowest BCUT2D eigenvalue weighted by molar-refractivity contribution is -0.292. The Bertz CT molecular complexity index is 247. The first kappa shape index (κ1) is 13.3. The van der Waals surface area contributed by atoms with Crippen LogP contribution in [-0.4, -0.2) is 70.3 Å². The van der Waals surface area contributed by atoms with E-state index < -0.39 is 49.8 Å². The monoisotopic (exact) mass is 237 g/mol. The SMILES string of the molecule is NCC(=O)OC1O[C@H](CO)[C@H](O)[C@H](O)[C@H]1O. The van der Waals surface area contributed by atoms with Crippen LogP contribution in [0.2, 0.25) is 0 Å². The Kier molecular flexibility index (Phi) is 4.59. The zero-order valence-corrected chi connectivity index (χ0v) is 8.39. The van der Waals surface area contributed by atoms with Crippen LogP contribution < -0.4 is 5.73 Å². The van der Waals surface area contributed by atoms with Crippen LogP contribution in [0.5, 0.6) is 0 Å². The molecule has 1 fully saturated rings. The summed E-state index contributed by atoms with van der Waals surface area (Å²) in [6.07, 6.45) is -7.19. The second-order valence-electron chi connectivity index (χ2n) is 3.39. The number of aliphatic hydroxyl groups excluding tert-OH is 4. The number of rotatable bonds is 3. The molecule has 94 valence electrons. The van der Waals surface area contributed by atoms with E-state index in [1.54, 1.807) is 0 Å². The summed E-state index contributed by atoms with van der Waals surface area (Å²) in [5.41, 5.74) is 4.99. The molecule has 0 aliphatic carbocycles. The van der Waals surface area contributed by atoms with Crippen molar-refractivity contribution in [2.24, 2.45) is 5.73 Å². The molecule has 1 heterocycles. The number of carbonyl (C=O) groups excluding carboxylic acids is 1. The van der Waals surface area contributed by atoms with E-state index in [1.807, 2.05) is 0 Å². The van der Waals surface area contributed by atoms with E-state index in [2.05, 4.69) is 4.74 Å². The molecular weight excluding hydrogens is 222 g/mol. The van der Waals surface area contributed by atoms with Crippen LogP contribution in [-0.2, 0) is 14.3 Å². The molecule has 8 nitrogen and oxygen atoms in total. The van der Waals surface area contributed by atoms with E-state index in [0.29, 0.717) is 0 Å². The highest BCUT2D eigenvalue weighted by Gasteiger charge is 2.45. The van der Waals surface area contributed by atoms with Crippen LogP contribution in [0.4, 0.5) is 0 Å². The van der Waals surface area contributed by atoms with Gasteiger partial charge in [-0.15, -0.1) is 0 Å². The number of ether oxygens (including phenoxy) is 2. The van der Waals surface area contributed by atoms with Gasteiger partial charge in [0.25, 0.3) is 0 Å². The summed E-state index contributed by atoms with van der Waals surface area (Å²) in [5, 5.41) is 37.0. The molecule has 1 rings (SSSR count). The Morgan fingerprint density at radius 1 is 1.25 bits per heavy atom. The van der Waals surface area contributed by atoms with Crippen molar-refractivity contribution in [2.45, 2.75) is 30.7 Å². The molecule has 1 unspecified atom stereocenters. The van der Waals surface area contributed by atoms with Gasteiger partial charge in [-0.3, -0.25) is 4.79 Å². The van der Waals surface area contributed by atoms with Gasteiger partial charge in [-0.05, 0) is 0 Å². The van der Waals surface area contributed by atoms with Gasteiger partial charge in [0.2, 0.25) is 6.29 Å². The Morgan fingerprint density at radius 3 is 2.38 bits per heavy atom. The predicted octanol–water partition coefficient (Wildman–Crippen LogP) is -3.71. The van der Waals surface area contributed by atoms with Crippen LogP contribution in [0.1, 0.15) is 0 Å². The number of hydrogen-bond acceptors (Lipinski definition) is 8. The summed E-state index contributed by atoms with van der Waals surface area (Å²) in [4.78, 5) is 10.9. The van der Waals surface area contributed by atoms with Crippen molar-refractivity contribution in [2.75, 3.05) is 13.2 Å². The van der Waals surface area contributed by atoms with Crippen LogP contribution in [0.25, 0.3) is 0 Å². The maximum absolute atomic E-state index is 10.9. The van der Waals surface area contributed by atoms with Crippen LogP contribution in [0.3, 0.4) is 0 Å². The van der Waals surface area contributed by atoms with Gasteiger partial charge in [-0.1, -0.05) is 0 Å². The minimum Gasteiger partial charge on any atom is -0.432 e. The van der Waals surface area contributed by atoms with Gasteiger partial charge in [-0.25, -0.2) is 0 Å². The highest BCUT2D eigenvalue weighted by atomic mass is 16.7. The zero-order valence-electron chi connectivity index (χ0n) is 8.39. The van der Waals surface area contributed by atoms with E-state index >= 15 is 0 Å². The second-order valence-corrected chi connectivity index (χ2v) is 3.39. The third-order valence-electron chi connectivity index (χ3n) is 2.26. The normalized spacial score (nSPS) is 39.4. The fourth-order valence-corrected chi connectivity index (χ4v) is 1.34. The Labute approximate surface area is 91.2 Å². The third-order valence-corrected chi connectivity index (χ3v) is 2.26. The first-order valence-electron chi connectivity index (χ1n) is 4.71. The van der Waals surface area contributed by atoms with Crippen molar-refractivity contribution in [1.82, 2.24) is 0 Å². The van der Waals surface area contributed by atoms with Gasteiger partial charge in [0, 0.05) is 0 Å². The second kappa shape index (κ2) is 5.53. The van der Waals surface area contributed by atoms with Crippen LogP contribution >= 0.6 is 0 Å². The average molecular weight is 237 g/mol. The molecule has 0 aromatic heterocycles. The van der Waals surface area contributed by atoms with E-state index in [9.17, 15) is 20.1 Å². The van der Waals surface area contributed by atoms with Crippen LogP contribution in [0, 0.1) is 0 Å². The fourth-order valence-electron chi connectivity index (χ4n) is 1.34. The molecule has 6 N–H and O–H groups in total. The van der Waals surface area contributed by atoms with Gasteiger partial charge in [0.05, 0.1) is 13.2 Å². The van der Waals surface area contributed by atoms with Gasteiger partial charge in [-0.2, -0.15) is 0 Å². The standard InChI is InChI=1S/C8H15NO7/c9-1-4(11)16-8-7(14)6(13)5(12)3(2-10)15-8/h3,5-8,10,12-14H,1-2,9H2/t3-,5+,6+,7-,8?/m1/s1. The molecule has 8 heteroatoms. The minimum absolute atomic E-state index is 0.408. The number of carbonyl (C=O) groups is 1. The van der Waals surface area contributed by atoms with Crippen molar-refractivity contribution >= 4 is 5.97 Å². The minimum atomic E-state index is -1.59. The highest BCUT2D eigenvalue weighted by Crippen LogP contribution is 2.21. The molecule has 0 bridgehead atoms. The molecule has 0 amide bonds. The Balaban J connectivity index is 2.67. The molecule has 0 radical (unpaired) electrons. The van der Waals surface area contributed by atoms with Gasteiger partial charge in [0.1, 0.15) is 24.4 Å². The van der Waals surface area contributed by atoms with Crippen molar-refractivity contribution in [3.8, 4) is 0 Å². The van der Waals surface area contributed by atoms with E-state index in [-0.39, 0.29) is 0 Å². The quantitative estimate of drug-likeness (QED) is 0.315. The topological polar surface area (TPSA) is 142 Å². The summed E-state index contributed by atoms with van der Waals surface area (Å²) in [6, 6.07) is 0. The lowest BCUT2D eigenvalue weighted by Crippen LogP contribution is -2.59. The van der Waals surface area contributed by atoms with E-state index in [1.165, 1.54) is 0 Å². The lowest BCUT2D eigenvalue weighted by Gasteiger charge is -2.39. The van der Waals surface area contributed by atoms with Crippen molar-refractivity contribution in [3.63, 3.8) is 0 Å². The molecule has 5 atom stereocenters. The summed E-state index contributed by atoms with van der Waals surface area (Å²) < 4.78 is 9.48. The largest absolute Gasteiger partial charge is 0.432 e. The average Bonchev–Trinajstić information content (AvgIpc) is 2.29. The predicted molar refractivity (Wildman–Crippen MR) is 48.9 cm³/mol.